The number of hydrogen-bond donors (Lipinski definition) is 0. The van der Waals surface area contributed by atoms with Crippen molar-refractivity contribution in [3.8, 4) is 17.2 Å². The minimum atomic E-state index is -0.834. The summed E-state index contributed by atoms with van der Waals surface area (Å²) in [6, 6.07) is 6.34. The molecular formula is C28H33N3O7S. The van der Waals surface area contributed by atoms with E-state index >= 15 is 0 Å². The Morgan fingerprint density at radius 2 is 1.77 bits per heavy atom. The number of ether oxygens (including phenoxy) is 4. The van der Waals surface area contributed by atoms with Gasteiger partial charge in [-0.3, -0.25) is 9.36 Å². The molecule has 0 fully saturated rings. The Kier molecular flexibility index (Phi) is 8.49. The van der Waals surface area contributed by atoms with Crippen LogP contribution in [0.25, 0.3) is 6.08 Å². The number of thiazole rings is 1. The van der Waals surface area contributed by atoms with Crippen molar-refractivity contribution in [2.45, 2.75) is 33.7 Å². The Morgan fingerprint density at radius 3 is 2.33 bits per heavy atom. The van der Waals surface area contributed by atoms with E-state index in [1.807, 2.05) is 12.1 Å². The van der Waals surface area contributed by atoms with Crippen LogP contribution in [0.1, 0.15) is 45.1 Å². The van der Waals surface area contributed by atoms with Crippen LogP contribution in [0.5, 0.6) is 17.2 Å². The number of methoxy groups -OCH3 is 3. The number of hydrogen-bond acceptors (Lipinski definition) is 10. The second-order valence-corrected chi connectivity index (χ2v) is 9.62. The maximum atomic E-state index is 13.9. The van der Waals surface area contributed by atoms with Crippen LogP contribution in [0, 0.1) is 0 Å². The Balaban J connectivity index is 1.95. The van der Waals surface area contributed by atoms with Crippen LogP contribution in [-0.4, -0.2) is 51.6 Å². The lowest BCUT2D eigenvalue weighted by molar-refractivity contribution is -0.139. The van der Waals surface area contributed by atoms with E-state index in [2.05, 4.69) is 23.7 Å². The van der Waals surface area contributed by atoms with Crippen LogP contribution in [-0.2, 0) is 9.53 Å². The van der Waals surface area contributed by atoms with Crippen molar-refractivity contribution in [2.24, 2.45) is 4.99 Å². The molecule has 0 aliphatic carbocycles. The third-order valence-corrected chi connectivity index (χ3v) is 7.46. The first-order valence-electron chi connectivity index (χ1n) is 12.7. The van der Waals surface area contributed by atoms with Crippen molar-refractivity contribution in [1.29, 1.82) is 0 Å². The molecule has 39 heavy (non-hydrogen) atoms. The number of furan rings is 1. The van der Waals surface area contributed by atoms with E-state index in [1.165, 1.54) is 37.2 Å². The van der Waals surface area contributed by atoms with Gasteiger partial charge >= 0.3 is 5.97 Å². The lowest BCUT2D eigenvalue weighted by atomic mass is 9.95. The maximum Gasteiger partial charge on any atom is 0.338 e. The summed E-state index contributed by atoms with van der Waals surface area (Å²) in [5.74, 6) is 1.92. The lowest BCUT2D eigenvalue weighted by Crippen LogP contribution is -2.40. The number of rotatable bonds is 10. The van der Waals surface area contributed by atoms with E-state index in [9.17, 15) is 9.59 Å². The van der Waals surface area contributed by atoms with Gasteiger partial charge in [0.1, 0.15) is 5.76 Å². The van der Waals surface area contributed by atoms with Gasteiger partial charge in [0, 0.05) is 25.2 Å². The van der Waals surface area contributed by atoms with E-state index in [-0.39, 0.29) is 17.7 Å². The molecule has 0 N–H and O–H groups in total. The van der Waals surface area contributed by atoms with Gasteiger partial charge in [-0.2, -0.15) is 0 Å². The summed E-state index contributed by atoms with van der Waals surface area (Å²) in [7, 11) is 4.53. The van der Waals surface area contributed by atoms with Crippen molar-refractivity contribution in [2.75, 3.05) is 45.9 Å². The van der Waals surface area contributed by atoms with Crippen LogP contribution in [0.3, 0.4) is 0 Å². The molecule has 1 atom stereocenters. The molecule has 11 heteroatoms. The minimum absolute atomic E-state index is 0.176. The summed E-state index contributed by atoms with van der Waals surface area (Å²) in [4.78, 5) is 34.2. The molecule has 3 heterocycles. The van der Waals surface area contributed by atoms with Crippen LogP contribution in [0.2, 0.25) is 0 Å². The monoisotopic (exact) mass is 555 g/mol. The Bertz CT molecular complexity index is 1550. The molecule has 0 spiro atoms. The highest BCUT2D eigenvalue weighted by Crippen LogP contribution is 2.42. The third kappa shape index (κ3) is 5.18. The summed E-state index contributed by atoms with van der Waals surface area (Å²) in [6.07, 6.45) is 1.70. The summed E-state index contributed by atoms with van der Waals surface area (Å²) in [5, 5.41) is 0. The number of anilines is 1. The van der Waals surface area contributed by atoms with E-state index in [0.717, 1.165) is 19.0 Å². The largest absolute Gasteiger partial charge is 0.493 e. The first kappa shape index (κ1) is 28.0. The van der Waals surface area contributed by atoms with E-state index in [1.54, 1.807) is 32.1 Å². The normalized spacial score (nSPS) is 15.1. The van der Waals surface area contributed by atoms with Crippen LogP contribution < -0.4 is 34.0 Å². The molecule has 3 aromatic rings. The molecule has 4 rings (SSSR count). The van der Waals surface area contributed by atoms with Gasteiger partial charge in [-0.05, 0) is 51.5 Å². The third-order valence-electron chi connectivity index (χ3n) is 6.48. The van der Waals surface area contributed by atoms with Gasteiger partial charge in [-0.15, -0.1) is 0 Å². The topological polar surface area (TPSA) is 105 Å². The highest BCUT2D eigenvalue weighted by molar-refractivity contribution is 7.07. The van der Waals surface area contributed by atoms with Crippen molar-refractivity contribution >= 4 is 29.3 Å². The fourth-order valence-corrected chi connectivity index (χ4v) is 5.65. The number of aromatic nitrogens is 1. The van der Waals surface area contributed by atoms with Crippen LogP contribution in [0.15, 0.2) is 49.7 Å². The van der Waals surface area contributed by atoms with Crippen LogP contribution >= 0.6 is 11.3 Å². The smallest absolute Gasteiger partial charge is 0.338 e. The SMILES string of the molecule is CCOC(=O)C1=C(C)N=c2sc(=Cc3ccc(N(CC)CC)o3)c(=O)n2[C@H]1c1cc(OC)c(OC)c(OC)c1. The number of benzene rings is 1. The number of carbonyl (C=O) groups excluding carboxylic acids is 1. The quantitative estimate of drug-likeness (QED) is 0.351. The molecule has 2 aromatic heterocycles. The van der Waals surface area contributed by atoms with Gasteiger partial charge in [-0.1, -0.05) is 11.3 Å². The van der Waals surface area contributed by atoms with Gasteiger partial charge in [0.05, 0.1) is 49.8 Å². The Labute approximate surface area is 230 Å². The van der Waals surface area contributed by atoms with E-state index < -0.39 is 12.0 Å². The van der Waals surface area contributed by atoms with Gasteiger partial charge < -0.3 is 28.3 Å². The molecule has 0 bridgehead atoms. The molecule has 1 aliphatic heterocycles. The molecule has 0 amide bonds. The van der Waals surface area contributed by atoms with Crippen molar-refractivity contribution in [3.05, 3.63) is 66.5 Å². The van der Waals surface area contributed by atoms with Crippen molar-refractivity contribution in [3.63, 3.8) is 0 Å². The number of nitrogens with zero attached hydrogens (tertiary/aromatic N) is 3. The standard InChI is InChI=1S/C28H33N3O7S/c1-8-30(9-2)22-12-11-18(38-22)15-21-26(32)31-24(17-13-19(34-5)25(36-7)20(14-17)35-6)23(27(33)37-10-3)16(4)29-28(31)39-21/h11-15,24H,8-10H2,1-7H3/t24-/m0/s1. The van der Waals surface area contributed by atoms with Gasteiger partial charge in [-0.25, -0.2) is 9.79 Å². The van der Waals surface area contributed by atoms with Gasteiger partial charge in [0.15, 0.2) is 22.2 Å². The predicted octanol–water partition coefficient (Wildman–Crippen LogP) is 3.26. The predicted molar refractivity (Wildman–Crippen MR) is 149 cm³/mol. The highest BCUT2D eigenvalue weighted by atomic mass is 32.1. The summed E-state index contributed by atoms with van der Waals surface area (Å²) in [6.45, 7) is 9.35. The zero-order chi connectivity index (χ0) is 28.3. The average Bonchev–Trinajstić information content (AvgIpc) is 3.51. The average molecular weight is 556 g/mol. The second-order valence-electron chi connectivity index (χ2n) is 8.61. The summed E-state index contributed by atoms with van der Waals surface area (Å²) < 4.78 is 29.9. The van der Waals surface area contributed by atoms with Gasteiger partial charge in [0.25, 0.3) is 5.56 Å². The molecule has 0 saturated heterocycles. The summed E-state index contributed by atoms with van der Waals surface area (Å²) >= 11 is 1.22. The van der Waals surface area contributed by atoms with Gasteiger partial charge in [0.2, 0.25) is 5.75 Å². The van der Waals surface area contributed by atoms with Crippen molar-refractivity contribution in [1.82, 2.24) is 4.57 Å². The first-order chi connectivity index (χ1) is 18.8. The molecule has 0 unspecified atom stereocenters. The number of allylic oxidation sites excluding steroid dienone is 1. The Hall–Kier alpha value is -3.99. The van der Waals surface area contributed by atoms with E-state index in [4.69, 9.17) is 23.4 Å². The number of fused-ring (bicyclic) bond motifs is 1. The van der Waals surface area contributed by atoms with Crippen LogP contribution in [0.4, 0.5) is 5.88 Å². The number of carbonyl (C=O) groups is 1. The maximum absolute atomic E-state index is 13.9. The Morgan fingerprint density at radius 1 is 1.10 bits per heavy atom. The van der Waals surface area contributed by atoms with E-state index in [0.29, 0.717) is 43.6 Å². The molecule has 10 nitrogen and oxygen atoms in total. The zero-order valence-electron chi connectivity index (χ0n) is 23.2. The highest BCUT2D eigenvalue weighted by Gasteiger charge is 2.34. The molecule has 0 radical (unpaired) electrons. The summed E-state index contributed by atoms with van der Waals surface area (Å²) in [5.41, 5.74) is 0.984. The molecular weight excluding hydrogens is 522 g/mol. The molecule has 0 saturated carbocycles. The first-order valence-corrected chi connectivity index (χ1v) is 13.5. The van der Waals surface area contributed by atoms with Crippen molar-refractivity contribution < 1.29 is 28.2 Å². The second kappa shape index (κ2) is 11.8. The molecule has 1 aliphatic rings. The minimum Gasteiger partial charge on any atom is -0.493 e. The lowest BCUT2D eigenvalue weighted by Gasteiger charge is -2.26. The number of esters is 1. The molecule has 208 valence electrons. The fourth-order valence-electron chi connectivity index (χ4n) is 4.62. The molecule has 1 aromatic carbocycles. The fraction of sp³-hybridized carbons (Fsp3) is 0.393. The zero-order valence-corrected chi connectivity index (χ0v) is 24.0.